The van der Waals surface area contributed by atoms with Gasteiger partial charge in [-0.1, -0.05) is 54.3 Å². The van der Waals surface area contributed by atoms with Crippen LogP contribution >= 0.6 is 0 Å². The maximum Gasteiger partial charge on any atom is 0.105 e. The highest BCUT2D eigenvalue weighted by atomic mass is 14.7. The summed E-state index contributed by atoms with van der Waals surface area (Å²) >= 11 is 0. The SMILES string of the molecule is BC(C)C(C)(C)C(C)C(N)C(C)(C)C. The molecule has 3 unspecified atom stereocenters. The summed E-state index contributed by atoms with van der Waals surface area (Å²) in [6.07, 6.45) is 0. The molecule has 1 nitrogen and oxygen atoms in total. The van der Waals surface area contributed by atoms with Gasteiger partial charge in [-0.15, -0.1) is 0 Å². The topological polar surface area (TPSA) is 26.0 Å². The molecule has 0 spiro atoms. The molecule has 0 aliphatic heterocycles. The second-order valence-corrected chi connectivity index (χ2v) is 6.66. The fourth-order valence-corrected chi connectivity index (χ4v) is 1.74. The quantitative estimate of drug-likeness (QED) is 0.691. The zero-order chi connectivity index (χ0) is 11.7. The lowest BCUT2D eigenvalue weighted by Crippen LogP contribution is -2.47. The predicted molar refractivity (Wildman–Crippen MR) is 68.3 cm³/mol. The van der Waals surface area contributed by atoms with E-state index in [2.05, 4.69) is 56.3 Å². The number of hydrogen-bond donors (Lipinski definition) is 1. The molecule has 0 aromatic heterocycles. The maximum absolute atomic E-state index is 6.32. The molecule has 0 aromatic carbocycles. The van der Waals surface area contributed by atoms with Crippen LogP contribution < -0.4 is 5.73 Å². The van der Waals surface area contributed by atoms with Gasteiger partial charge < -0.3 is 5.73 Å². The lowest BCUT2D eigenvalue weighted by Gasteiger charge is -2.44. The van der Waals surface area contributed by atoms with Crippen LogP contribution in [0.5, 0.6) is 0 Å². The van der Waals surface area contributed by atoms with E-state index in [4.69, 9.17) is 5.73 Å². The Morgan fingerprint density at radius 2 is 1.36 bits per heavy atom. The Labute approximate surface area is 91.2 Å². The number of nitrogens with two attached hydrogens (primary N) is 1. The molecule has 0 radical (unpaired) electrons. The van der Waals surface area contributed by atoms with Gasteiger partial charge in [-0.05, 0) is 16.7 Å². The van der Waals surface area contributed by atoms with E-state index in [0.717, 1.165) is 0 Å². The Morgan fingerprint density at radius 1 is 1.00 bits per heavy atom. The molecule has 0 heterocycles. The molecule has 0 fully saturated rings. The lowest BCUT2D eigenvalue weighted by molar-refractivity contribution is 0.126. The zero-order valence-electron chi connectivity index (χ0n) is 11.3. The minimum absolute atomic E-state index is 0.200. The van der Waals surface area contributed by atoms with E-state index in [9.17, 15) is 0 Å². The van der Waals surface area contributed by atoms with E-state index >= 15 is 0 Å². The molecule has 0 aliphatic rings. The second-order valence-electron chi connectivity index (χ2n) is 6.66. The highest BCUT2D eigenvalue weighted by Crippen LogP contribution is 2.41. The van der Waals surface area contributed by atoms with Crippen molar-refractivity contribution in [3.63, 3.8) is 0 Å². The molecular weight excluding hydrogens is 169 g/mol. The largest absolute Gasteiger partial charge is 0.327 e. The molecule has 0 aliphatic carbocycles. The monoisotopic (exact) mass is 197 g/mol. The normalized spacial score (nSPS) is 20.3. The maximum atomic E-state index is 6.32. The van der Waals surface area contributed by atoms with Crippen molar-refractivity contribution >= 4 is 7.85 Å². The summed E-state index contributed by atoms with van der Waals surface area (Å²) in [5.41, 5.74) is 6.83. The van der Waals surface area contributed by atoms with Crippen LogP contribution in [-0.4, -0.2) is 13.9 Å². The third-order valence-electron chi connectivity index (χ3n) is 4.20. The van der Waals surface area contributed by atoms with Gasteiger partial charge in [-0.25, -0.2) is 0 Å². The third-order valence-corrected chi connectivity index (χ3v) is 4.20. The fourth-order valence-electron chi connectivity index (χ4n) is 1.74. The Kier molecular flexibility index (Phi) is 4.27. The molecule has 14 heavy (non-hydrogen) atoms. The van der Waals surface area contributed by atoms with Gasteiger partial charge in [0, 0.05) is 6.04 Å². The van der Waals surface area contributed by atoms with Crippen molar-refractivity contribution in [1.82, 2.24) is 0 Å². The first-order valence-corrected chi connectivity index (χ1v) is 5.76. The molecule has 2 heteroatoms. The molecule has 0 rings (SSSR count). The molecule has 0 saturated heterocycles. The Bertz CT molecular complexity index is 179. The van der Waals surface area contributed by atoms with E-state index in [-0.39, 0.29) is 11.5 Å². The highest BCUT2D eigenvalue weighted by molar-refractivity contribution is 6.11. The van der Waals surface area contributed by atoms with Crippen LogP contribution in [0.4, 0.5) is 0 Å². The average molecular weight is 197 g/mol. The van der Waals surface area contributed by atoms with Crippen LogP contribution in [0.25, 0.3) is 0 Å². The van der Waals surface area contributed by atoms with E-state index < -0.39 is 0 Å². The number of rotatable bonds is 3. The van der Waals surface area contributed by atoms with Crippen LogP contribution in [0.15, 0.2) is 0 Å². The Balaban J connectivity index is 4.70. The summed E-state index contributed by atoms with van der Waals surface area (Å²) in [6.45, 7) is 15.9. The van der Waals surface area contributed by atoms with Gasteiger partial charge in [-0.2, -0.15) is 0 Å². The van der Waals surface area contributed by atoms with E-state index in [1.54, 1.807) is 0 Å². The smallest absolute Gasteiger partial charge is 0.105 e. The molecule has 3 atom stereocenters. The number of hydrogen-bond acceptors (Lipinski definition) is 1. The Morgan fingerprint density at radius 3 is 1.57 bits per heavy atom. The molecule has 2 N–H and O–H groups in total. The minimum Gasteiger partial charge on any atom is -0.327 e. The van der Waals surface area contributed by atoms with Gasteiger partial charge in [0.05, 0.1) is 0 Å². The van der Waals surface area contributed by atoms with E-state index in [0.29, 0.717) is 17.2 Å². The van der Waals surface area contributed by atoms with Crippen molar-refractivity contribution in [2.24, 2.45) is 22.5 Å². The average Bonchev–Trinajstić information content (AvgIpc) is 1.99. The van der Waals surface area contributed by atoms with Crippen molar-refractivity contribution in [1.29, 1.82) is 0 Å². The summed E-state index contributed by atoms with van der Waals surface area (Å²) < 4.78 is 0. The van der Waals surface area contributed by atoms with Gasteiger partial charge in [-0.3, -0.25) is 0 Å². The third kappa shape index (κ3) is 3.01. The molecule has 84 valence electrons. The molecule has 0 bridgehead atoms. The first-order valence-electron chi connectivity index (χ1n) is 5.76. The minimum atomic E-state index is 0.200. The first-order chi connectivity index (χ1) is 6.01. The summed E-state index contributed by atoms with van der Waals surface area (Å²) in [4.78, 5) is 0. The summed E-state index contributed by atoms with van der Waals surface area (Å²) in [5.74, 6) is 1.22. The van der Waals surface area contributed by atoms with E-state index in [1.165, 1.54) is 0 Å². The molecule has 0 aromatic rings. The van der Waals surface area contributed by atoms with Crippen molar-refractivity contribution < 1.29 is 0 Å². The van der Waals surface area contributed by atoms with Crippen LogP contribution in [0.3, 0.4) is 0 Å². The summed E-state index contributed by atoms with van der Waals surface area (Å²) in [5, 5.41) is 0. The molecular formula is C12H28BN. The van der Waals surface area contributed by atoms with Gasteiger partial charge in [0.1, 0.15) is 7.85 Å². The van der Waals surface area contributed by atoms with Gasteiger partial charge in [0.2, 0.25) is 0 Å². The summed E-state index contributed by atoms with van der Waals surface area (Å²) in [6, 6.07) is 0.264. The van der Waals surface area contributed by atoms with Crippen molar-refractivity contribution in [2.75, 3.05) is 0 Å². The zero-order valence-corrected chi connectivity index (χ0v) is 11.3. The van der Waals surface area contributed by atoms with E-state index in [1.807, 2.05) is 0 Å². The van der Waals surface area contributed by atoms with Gasteiger partial charge in [0.15, 0.2) is 0 Å². The van der Waals surface area contributed by atoms with Crippen LogP contribution in [0.2, 0.25) is 5.82 Å². The highest BCUT2D eigenvalue weighted by Gasteiger charge is 2.37. The van der Waals surface area contributed by atoms with Crippen LogP contribution in [0, 0.1) is 16.7 Å². The first kappa shape index (κ1) is 14.0. The predicted octanol–water partition coefficient (Wildman–Crippen LogP) is 2.46. The fraction of sp³-hybridized carbons (Fsp3) is 1.00. The molecule has 0 amide bonds. The lowest BCUT2D eigenvalue weighted by atomic mass is 9.58. The standard InChI is InChI=1S/C12H28BN/c1-8(10(14)11(3,4)5)12(6,7)9(2)13/h8-10H,13-14H2,1-7H3. The Hall–Kier alpha value is 0.0249. The molecule has 0 saturated carbocycles. The second kappa shape index (κ2) is 4.26. The van der Waals surface area contributed by atoms with Crippen molar-refractivity contribution in [3.05, 3.63) is 0 Å². The van der Waals surface area contributed by atoms with Crippen LogP contribution in [0.1, 0.15) is 48.5 Å². The van der Waals surface area contributed by atoms with Gasteiger partial charge >= 0.3 is 0 Å². The van der Waals surface area contributed by atoms with Gasteiger partial charge in [0.25, 0.3) is 0 Å². The van der Waals surface area contributed by atoms with Crippen molar-refractivity contribution in [2.45, 2.75) is 60.3 Å². The van der Waals surface area contributed by atoms with Crippen molar-refractivity contribution in [3.8, 4) is 0 Å². The van der Waals surface area contributed by atoms with Crippen LogP contribution in [-0.2, 0) is 0 Å². The summed E-state index contributed by atoms with van der Waals surface area (Å²) in [7, 11) is 2.28.